The highest BCUT2D eigenvalue weighted by molar-refractivity contribution is 4.83. The molecule has 0 fully saturated rings. The van der Waals surface area contributed by atoms with Crippen molar-refractivity contribution in [1.29, 1.82) is 0 Å². The summed E-state index contributed by atoms with van der Waals surface area (Å²) in [6.07, 6.45) is -2.59. The maximum atomic E-state index is 12.5. The van der Waals surface area contributed by atoms with Crippen LogP contribution in [0.15, 0.2) is 0 Å². The molecule has 0 bridgehead atoms. The number of aliphatic hydroxyl groups excluding tert-OH is 1. The maximum absolute atomic E-state index is 12.5. The second-order valence-corrected chi connectivity index (χ2v) is 5.04. The number of halogens is 3. The van der Waals surface area contributed by atoms with Crippen LogP contribution in [0.5, 0.6) is 0 Å². The van der Waals surface area contributed by atoms with Crippen molar-refractivity contribution >= 4 is 0 Å². The Kier molecular flexibility index (Phi) is 8.61. The molecular weight excluding hydrogens is 257 g/mol. The van der Waals surface area contributed by atoms with Gasteiger partial charge in [0.05, 0.1) is 13.2 Å². The standard InChI is InChI=1S/C13H27F3N2O/c1-4-12(5-2,9-17-6-3)10-18(7-8-19)11-13(14,15)16/h17,19H,4-11H2,1-3H3. The monoisotopic (exact) mass is 284 g/mol. The van der Waals surface area contributed by atoms with Crippen molar-refractivity contribution in [3.8, 4) is 0 Å². The normalized spacial score (nSPS) is 13.3. The molecule has 0 aliphatic carbocycles. The van der Waals surface area contributed by atoms with Gasteiger partial charge >= 0.3 is 6.18 Å². The highest BCUT2D eigenvalue weighted by Gasteiger charge is 2.35. The average Bonchev–Trinajstić information content (AvgIpc) is 2.33. The number of alkyl halides is 3. The molecule has 0 aliphatic rings. The van der Waals surface area contributed by atoms with Crippen LogP contribution in [0.25, 0.3) is 0 Å². The van der Waals surface area contributed by atoms with Gasteiger partial charge in [0.25, 0.3) is 0 Å². The number of nitrogens with zero attached hydrogens (tertiary/aromatic N) is 1. The van der Waals surface area contributed by atoms with Crippen LogP contribution in [-0.4, -0.2) is 55.5 Å². The van der Waals surface area contributed by atoms with Crippen molar-refractivity contribution in [2.75, 3.05) is 39.3 Å². The smallest absolute Gasteiger partial charge is 0.395 e. The molecule has 116 valence electrons. The van der Waals surface area contributed by atoms with Crippen molar-refractivity contribution in [2.24, 2.45) is 5.41 Å². The van der Waals surface area contributed by atoms with E-state index in [9.17, 15) is 13.2 Å². The summed E-state index contributed by atoms with van der Waals surface area (Å²) in [7, 11) is 0. The molecule has 0 rings (SSSR count). The van der Waals surface area contributed by atoms with Crippen LogP contribution >= 0.6 is 0 Å². The van der Waals surface area contributed by atoms with E-state index < -0.39 is 12.7 Å². The molecule has 0 aromatic rings. The summed E-state index contributed by atoms with van der Waals surface area (Å²) in [6.45, 7) is 6.72. The van der Waals surface area contributed by atoms with Crippen LogP contribution in [0.1, 0.15) is 33.6 Å². The molecule has 6 heteroatoms. The number of hydrogen-bond donors (Lipinski definition) is 2. The molecule has 0 atom stereocenters. The molecule has 0 spiro atoms. The Labute approximate surface area is 114 Å². The molecule has 0 amide bonds. The number of aliphatic hydroxyl groups is 1. The van der Waals surface area contributed by atoms with Crippen LogP contribution in [0.3, 0.4) is 0 Å². The lowest BCUT2D eigenvalue weighted by atomic mass is 9.81. The van der Waals surface area contributed by atoms with Gasteiger partial charge in [-0.3, -0.25) is 4.90 Å². The summed E-state index contributed by atoms with van der Waals surface area (Å²) in [6, 6.07) is 0. The second kappa shape index (κ2) is 8.76. The minimum absolute atomic E-state index is 0.0629. The molecule has 0 aromatic heterocycles. The Hall–Kier alpha value is -0.330. The van der Waals surface area contributed by atoms with E-state index in [0.717, 1.165) is 19.4 Å². The Morgan fingerprint density at radius 1 is 1.05 bits per heavy atom. The first-order chi connectivity index (χ1) is 8.82. The van der Waals surface area contributed by atoms with Crippen molar-refractivity contribution < 1.29 is 18.3 Å². The summed E-state index contributed by atoms with van der Waals surface area (Å²) in [4.78, 5) is 1.31. The summed E-state index contributed by atoms with van der Waals surface area (Å²) in [5, 5.41) is 12.2. The SMILES string of the molecule is CCNCC(CC)(CC)CN(CCO)CC(F)(F)F. The Bertz CT molecular complexity index is 230. The third-order valence-corrected chi connectivity index (χ3v) is 3.63. The summed E-state index contributed by atoms with van der Waals surface area (Å²) >= 11 is 0. The van der Waals surface area contributed by atoms with E-state index in [1.807, 2.05) is 20.8 Å². The molecule has 0 aliphatic heterocycles. The molecule has 3 nitrogen and oxygen atoms in total. The topological polar surface area (TPSA) is 35.5 Å². The lowest BCUT2D eigenvalue weighted by Crippen LogP contribution is -2.47. The van der Waals surface area contributed by atoms with Gasteiger partial charge in [-0.2, -0.15) is 13.2 Å². The van der Waals surface area contributed by atoms with Gasteiger partial charge in [0, 0.05) is 19.6 Å². The lowest BCUT2D eigenvalue weighted by molar-refractivity contribution is -0.150. The van der Waals surface area contributed by atoms with Gasteiger partial charge in [-0.1, -0.05) is 20.8 Å². The lowest BCUT2D eigenvalue weighted by Gasteiger charge is -2.37. The first-order valence-corrected chi connectivity index (χ1v) is 6.93. The Morgan fingerprint density at radius 2 is 1.63 bits per heavy atom. The van der Waals surface area contributed by atoms with E-state index in [2.05, 4.69) is 5.32 Å². The van der Waals surface area contributed by atoms with Crippen molar-refractivity contribution in [3.05, 3.63) is 0 Å². The van der Waals surface area contributed by atoms with E-state index in [1.54, 1.807) is 0 Å². The van der Waals surface area contributed by atoms with Gasteiger partial charge in [-0.25, -0.2) is 0 Å². The Balaban J connectivity index is 4.72. The van der Waals surface area contributed by atoms with Gasteiger partial charge in [0.1, 0.15) is 0 Å². The molecule has 0 saturated heterocycles. The fourth-order valence-electron chi connectivity index (χ4n) is 2.25. The van der Waals surface area contributed by atoms with Crippen molar-refractivity contribution in [3.63, 3.8) is 0 Å². The first kappa shape index (κ1) is 18.7. The fourth-order valence-corrected chi connectivity index (χ4v) is 2.25. The van der Waals surface area contributed by atoms with E-state index in [4.69, 9.17) is 5.11 Å². The van der Waals surface area contributed by atoms with Crippen LogP contribution in [-0.2, 0) is 0 Å². The van der Waals surface area contributed by atoms with E-state index in [1.165, 1.54) is 4.90 Å². The third-order valence-electron chi connectivity index (χ3n) is 3.63. The van der Waals surface area contributed by atoms with E-state index >= 15 is 0 Å². The predicted octanol–water partition coefficient (Wildman–Crippen LogP) is 2.26. The highest BCUT2D eigenvalue weighted by Crippen LogP contribution is 2.28. The predicted molar refractivity (Wildman–Crippen MR) is 71.1 cm³/mol. The molecule has 0 saturated carbocycles. The molecule has 19 heavy (non-hydrogen) atoms. The first-order valence-electron chi connectivity index (χ1n) is 6.93. The van der Waals surface area contributed by atoms with Crippen LogP contribution in [0.4, 0.5) is 13.2 Å². The zero-order valence-electron chi connectivity index (χ0n) is 12.2. The van der Waals surface area contributed by atoms with Crippen molar-refractivity contribution in [1.82, 2.24) is 10.2 Å². The van der Waals surface area contributed by atoms with Gasteiger partial charge in [-0.05, 0) is 24.8 Å². The van der Waals surface area contributed by atoms with E-state index in [-0.39, 0.29) is 18.6 Å². The minimum Gasteiger partial charge on any atom is -0.395 e. The van der Waals surface area contributed by atoms with E-state index in [0.29, 0.717) is 13.1 Å². The average molecular weight is 284 g/mol. The zero-order valence-corrected chi connectivity index (χ0v) is 12.2. The highest BCUT2D eigenvalue weighted by atomic mass is 19.4. The Morgan fingerprint density at radius 3 is 2.00 bits per heavy atom. The molecule has 0 heterocycles. The van der Waals surface area contributed by atoms with Crippen molar-refractivity contribution in [2.45, 2.75) is 39.8 Å². The largest absolute Gasteiger partial charge is 0.401 e. The molecule has 0 aromatic carbocycles. The molecule has 2 N–H and O–H groups in total. The summed E-state index contributed by atoms with van der Waals surface area (Å²) < 4.78 is 37.6. The van der Waals surface area contributed by atoms with Gasteiger partial charge in [0.2, 0.25) is 0 Å². The zero-order chi connectivity index (χ0) is 14.9. The number of hydrogen-bond acceptors (Lipinski definition) is 3. The molecule has 0 unspecified atom stereocenters. The molecule has 0 radical (unpaired) electrons. The van der Waals surface area contributed by atoms with Crippen LogP contribution < -0.4 is 5.32 Å². The van der Waals surface area contributed by atoms with Gasteiger partial charge in [0.15, 0.2) is 0 Å². The van der Waals surface area contributed by atoms with Crippen LogP contribution in [0, 0.1) is 5.41 Å². The summed E-state index contributed by atoms with van der Waals surface area (Å²) in [5.74, 6) is 0. The number of rotatable bonds is 10. The van der Waals surface area contributed by atoms with Gasteiger partial charge in [-0.15, -0.1) is 0 Å². The van der Waals surface area contributed by atoms with Gasteiger partial charge < -0.3 is 10.4 Å². The summed E-state index contributed by atoms with van der Waals surface area (Å²) in [5.41, 5.74) is -0.170. The third kappa shape index (κ3) is 7.74. The minimum atomic E-state index is -4.22. The quantitative estimate of drug-likeness (QED) is 0.646. The molecular formula is C13H27F3N2O. The maximum Gasteiger partial charge on any atom is 0.401 e. The van der Waals surface area contributed by atoms with Crippen LogP contribution in [0.2, 0.25) is 0 Å². The second-order valence-electron chi connectivity index (χ2n) is 5.04. The number of nitrogens with one attached hydrogen (secondary N) is 1. The fraction of sp³-hybridized carbons (Fsp3) is 1.00.